The molecule has 0 saturated heterocycles. The highest BCUT2D eigenvalue weighted by molar-refractivity contribution is 9.11. The standard InChI is InChI=1S/C14H16Br2O2/c1-14(7-3-2-4-8-14)18-13(17)11-6-5-10(15)9-12(11)16/h5-6,9H,2-4,7-8H2,1H3. The molecular formula is C14H16Br2O2. The highest BCUT2D eigenvalue weighted by Gasteiger charge is 2.31. The van der Waals surface area contributed by atoms with E-state index in [4.69, 9.17) is 4.74 Å². The SMILES string of the molecule is CC1(OC(=O)c2ccc(Br)cc2Br)CCCCC1. The molecule has 0 amide bonds. The fraction of sp³-hybridized carbons (Fsp3) is 0.500. The van der Waals surface area contributed by atoms with Crippen molar-refractivity contribution in [3.8, 4) is 0 Å². The van der Waals surface area contributed by atoms with Gasteiger partial charge < -0.3 is 4.74 Å². The fourth-order valence-corrected chi connectivity index (χ4v) is 3.54. The van der Waals surface area contributed by atoms with Crippen LogP contribution < -0.4 is 0 Å². The molecule has 1 aromatic rings. The summed E-state index contributed by atoms with van der Waals surface area (Å²) >= 11 is 6.77. The van der Waals surface area contributed by atoms with Crippen LogP contribution in [0.25, 0.3) is 0 Å². The van der Waals surface area contributed by atoms with Crippen LogP contribution in [0.1, 0.15) is 49.4 Å². The van der Waals surface area contributed by atoms with Gasteiger partial charge in [-0.15, -0.1) is 0 Å². The number of ether oxygens (including phenoxy) is 1. The van der Waals surface area contributed by atoms with E-state index >= 15 is 0 Å². The molecule has 1 aliphatic carbocycles. The molecule has 1 fully saturated rings. The largest absolute Gasteiger partial charge is 0.456 e. The number of benzene rings is 1. The van der Waals surface area contributed by atoms with Gasteiger partial charge in [0.15, 0.2) is 0 Å². The van der Waals surface area contributed by atoms with Gasteiger partial charge in [0.2, 0.25) is 0 Å². The molecule has 1 aromatic carbocycles. The maximum Gasteiger partial charge on any atom is 0.339 e. The van der Waals surface area contributed by atoms with E-state index in [0.717, 1.165) is 34.6 Å². The summed E-state index contributed by atoms with van der Waals surface area (Å²) in [5.74, 6) is -0.237. The van der Waals surface area contributed by atoms with Crippen molar-refractivity contribution in [1.29, 1.82) is 0 Å². The minimum absolute atomic E-state index is 0.237. The summed E-state index contributed by atoms with van der Waals surface area (Å²) in [5, 5.41) is 0. The molecule has 98 valence electrons. The van der Waals surface area contributed by atoms with Crippen molar-refractivity contribution in [2.75, 3.05) is 0 Å². The predicted octanol–water partition coefficient (Wildman–Crippen LogP) is 5.09. The van der Waals surface area contributed by atoms with Gasteiger partial charge in [0.25, 0.3) is 0 Å². The molecular weight excluding hydrogens is 360 g/mol. The maximum absolute atomic E-state index is 12.2. The molecule has 0 aliphatic heterocycles. The molecule has 0 heterocycles. The highest BCUT2D eigenvalue weighted by Crippen LogP contribution is 2.33. The number of hydrogen-bond donors (Lipinski definition) is 0. The lowest BCUT2D eigenvalue weighted by atomic mass is 9.86. The van der Waals surface area contributed by atoms with Crippen molar-refractivity contribution >= 4 is 37.8 Å². The van der Waals surface area contributed by atoms with Gasteiger partial charge in [-0.25, -0.2) is 4.79 Å². The van der Waals surface area contributed by atoms with Crippen LogP contribution in [0.3, 0.4) is 0 Å². The Morgan fingerprint density at radius 2 is 1.89 bits per heavy atom. The minimum atomic E-state index is -0.290. The molecule has 0 radical (unpaired) electrons. The summed E-state index contributed by atoms with van der Waals surface area (Å²) in [6, 6.07) is 5.49. The second-order valence-corrected chi connectivity index (χ2v) is 6.79. The Morgan fingerprint density at radius 1 is 1.22 bits per heavy atom. The van der Waals surface area contributed by atoms with Crippen molar-refractivity contribution in [3.05, 3.63) is 32.7 Å². The summed E-state index contributed by atoms with van der Waals surface area (Å²) < 4.78 is 7.41. The smallest absolute Gasteiger partial charge is 0.339 e. The second-order valence-electron chi connectivity index (χ2n) is 5.02. The zero-order valence-electron chi connectivity index (χ0n) is 10.3. The average molecular weight is 376 g/mol. The molecule has 1 aliphatic rings. The molecule has 0 spiro atoms. The quantitative estimate of drug-likeness (QED) is 0.673. The van der Waals surface area contributed by atoms with E-state index in [0.29, 0.717) is 5.56 Å². The molecule has 0 unspecified atom stereocenters. The van der Waals surface area contributed by atoms with Gasteiger partial charge in [0.05, 0.1) is 5.56 Å². The maximum atomic E-state index is 12.2. The molecule has 1 saturated carbocycles. The minimum Gasteiger partial charge on any atom is -0.456 e. The number of rotatable bonds is 2. The molecule has 0 N–H and O–H groups in total. The van der Waals surface area contributed by atoms with Crippen LogP contribution in [0.5, 0.6) is 0 Å². The Morgan fingerprint density at radius 3 is 2.50 bits per heavy atom. The predicted molar refractivity (Wildman–Crippen MR) is 78.7 cm³/mol. The Kier molecular flexibility index (Phi) is 4.49. The van der Waals surface area contributed by atoms with Crippen molar-refractivity contribution in [2.45, 2.75) is 44.6 Å². The van der Waals surface area contributed by atoms with E-state index in [-0.39, 0.29) is 11.6 Å². The summed E-state index contributed by atoms with van der Waals surface area (Å²) in [5.41, 5.74) is 0.298. The van der Waals surface area contributed by atoms with Gasteiger partial charge in [-0.1, -0.05) is 22.4 Å². The van der Waals surface area contributed by atoms with E-state index < -0.39 is 0 Å². The van der Waals surface area contributed by atoms with E-state index in [1.165, 1.54) is 6.42 Å². The summed E-state index contributed by atoms with van der Waals surface area (Å²) in [7, 11) is 0. The van der Waals surface area contributed by atoms with Crippen LogP contribution in [0.4, 0.5) is 0 Å². The number of carbonyl (C=O) groups is 1. The average Bonchev–Trinajstić information content (AvgIpc) is 2.28. The molecule has 2 rings (SSSR count). The van der Waals surface area contributed by atoms with Gasteiger partial charge in [0, 0.05) is 8.95 Å². The molecule has 4 heteroatoms. The first-order valence-electron chi connectivity index (χ1n) is 6.19. The number of esters is 1. The van der Waals surface area contributed by atoms with E-state index in [9.17, 15) is 4.79 Å². The molecule has 0 atom stereocenters. The first-order chi connectivity index (χ1) is 8.50. The third-order valence-corrected chi connectivity index (χ3v) is 4.55. The summed E-state index contributed by atoms with van der Waals surface area (Å²) in [6.07, 6.45) is 5.46. The molecule has 0 bridgehead atoms. The number of carbonyl (C=O) groups excluding carboxylic acids is 1. The van der Waals surface area contributed by atoms with Crippen LogP contribution in [-0.4, -0.2) is 11.6 Å². The van der Waals surface area contributed by atoms with Crippen LogP contribution in [-0.2, 0) is 4.74 Å². The summed E-state index contributed by atoms with van der Waals surface area (Å²) in [4.78, 5) is 12.2. The lowest BCUT2D eigenvalue weighted by Crippen LogP contribution is -2.34. The molecule has 0 aromatic heterocycles. The highest BCUT2D eigenvalue weighted by atomic mass is 79.9. The van der Waals surface area contributed by atoms with Crippen LogP contribution in [0.15, 0.2) is 27.1 Å². The number of halogens is 2. The molecule has 18 heavy (non-hydrogen) atoms. The lowest BCUT2D eigenvalue weighted by molar-refractivity contribution is -0.0270. The van der Waals surface area contributed by atoms with Gasteiger partial charge in [-0.3, -0.25) is 0 Å². The third-order valence-electron chi connectivity index (χ3n) is 3.40. The topological polar surface area (TPSA) is 26.3 Å². The zero-order valence-corrected chi connectivity index (χ0v) is 13.5. The third kappa shape index (κ3) is 3.35. The van der Waals surface area contributed by atoms with Gasteiger partial charge in [0.1, 0.15) is 5.60 Å². The normalized spacial score (nSPS) is 18.4. The van der Waals surface area contributed by atoms with Crippen molar-refractivity contribution in [2.24, 2.45) is 0 Å². The Labute approximate surface area is 124 Å². The molecule has 2 nitrogen and oxygen atoms in total. The van der Waals surface area contributed by atoms with Crippen molar-refractivity contribution in [3.63, 3.8) is 0 Å². The van der Waals surface area contributed by atoms with Crippen molar-refractivity contribution < 1.29 is 9.53 Å². The first-order valence-corrected chi connectivity index (χ1v) is 7.77. The van der Waals surface area contributed by atoms with Gasteiger partial charge in [-0.2, -0.15) is 0 Å². The first kappa shape index (κ1) is 14.1. The van der Waals surface area contributed by atoms with Crippen LogP contribution >= 0.6 is 31.9 Å². The van der Waals surface area contributed by atoms with E-state index in [2.05, 4.69) is 31.9 Å². The zero-order chi connectivity index (χ0) is 13.2. The Bertz CT molecular complexity index is 451. The monoisotopic (exact) mass is 374 g/mol. The lowest BCUT2D eigenvalue weighted by Gasteiger charge is -2.33. The second kappa shape index (κ2) is 5.74. The van der Waals surface area contributed by atoms with E-state index in [1.54, 1.807) is 6.07 Å². The Hall–Kier alpha value is -0.350. The Balaban J connectivity index is 2.11. The van der Waals surface area contributed by atoms with Gasteiger partial charge in [-0.05, 0) is 66.7 Å². The summed E-state index contributed by atoms with van der Waals surface area (Å²) in [6.45, 7) is 2.04. The van der Waals surface area contributed by atoms with Crippen LogP contribution in [0, 0.1) is 0 Å². The van der Waals surface area contributed by atoms with Crippen molar-refractivity contribution in [1.82, 2.24) is 0 Å². The van der Waals surface area contributed by atoms with Crippen LogP contribution in [0.2, 0.25) is 0 Å². The number of hydrogen-bond acceptors (Lipinski definition) is 2. The van der Waals surface area contributed by atoms with Gasteiger partial charge >= 0.3 is 5.97 Å². The fourth-order valence-electron chi connectivity index (χ4n) is 2.34. The van der Waals surface area contributed by atoms with E-state index in [1.807, 2.05) is 19.1 Å².